The molecular formula is C17H18O2. The first-order chi connectivity index (χ1) is 9.31. The van der Waals surface area contributed by atoms with Gasteiger partial charge in [0.15, 0.2) is 0 Å². The van der Waals surface area contributed by atoms with Crippen LogP contribution in [0.25, 0.3) is 11.1 Å². The van der Waals surface area contributed by atoms with Crippen LogP contribution in [0.2, 0.25) is 0 Å². The molecule has 0 fully saturated rings. The van der Waals surface area contributed by atoms with Gasteiger partial charge in [0.25, 0.3) is 0 Å². The first-order valence-corrected chi connectivity index (χ1v) is 6.53. The van der Waals surface area contributed by atoms with E-state index >= 15 is 0 Å². The summed E-state index contributed by atoms with van der Waals surface area (Å²) in [6.45, 7) is 1.33. The Labute approximate surface area is 114 Å². The van der Waals surface area contributed by atoms with E-state index in [1.807, 2.05) is 0 Å². The molecule has 0 aromatic heterocycles. The molecule has 3 rings (SSSR count). The van der Waals surface area contributed by atoms with Gasteiger partial charge >= 0.3 is 0 Å². The number of rotatable bonds is 4. The van der Waals surface area contributed by atoms with Crippen molar-refractivity contribution >= 4 is 0 Å². The minimum atomic E-state index is 0.667. The molecule has 0 saturated carbocycles. The van der Waals surface area contributed by atoms with E-state index in [1.54, 1.807) is 14.2 Å². The standard InChI is InChI=1S/C17H18O2/c1-18-10-12-3-5-14-9-15-6-4-13(11-19-2)8-17(15)16(14)7-12/h3-8H,9-11H2,1-2H3. The first kappa shape index (κ1) is 12.4. The Balaban J connectivity index is 2.03. The van der Waals surface area contributed by atoms with Crippen molar-refractivity contribution in [3.05, 3.63) is 58.7 Å². The third-order valence-corrected chi connectivity index (χ3v) is 3.64. The lowest BCUT2D eigenvalue weighted by Gasteiger charge is -2.07. The largest absolute Gasteiger partial charge is 0.380 e. The smallest absolute Gasteiger partial charge is 0.0713 e. The summed E-state index contributed by atoms with van der Waals surface area (Å²) < 4.78 is 10.4. The lowest BCUT2D eigenvalue weighted by Crippen LogP contribution is -1.90. The lowest BCUT2D eigenvalue weighted by molar-refractivity contribution is 0.185. The van der Waals surface area contributed by atoms with Gasteiger partial charge in [-0.05, 0) is 51.9 Å². The van der Waals surface area contributed by atoms with Gasteiger partial charge in [0.1, 0.15) is 0 Å². The second-order valence-corrected chi connectivity index (χ2v) is 5.03. The van der Waals surface area contributed by atoms with Crippen molar-refractivity contribution in [2.45, 2.75) is 19.6 Å². The molecule has 2 heteroatoms. The van der Waals surface area contributed by atoms with E-state index in [0.717, 1.165) is 6.42 Å². The molecule has 2 aromatic carbocycles. The molecule has 0 N–H and O–H groups in total. The molecule has 19 heavy (non-hydrogen) atoms. The van der Waals surface area contributed by atoms with E-state index in [-0.39, 0.29) is 0 Å². The van der Waals surface area contributed by atoms with Crippen LogP contribution in [0.5, 0.6) is 0 Å². The van der Waals surface area contributed by atoms with Crippen LogP contribution in [0, 0.1) is 0 Å². The van der Waals surface area contributed by atoms with Crippen molar-refractivity contribution < 1.29 is 9.47 Å². The van der Waals surface area contributed by atoms with Crippen molar-refractivity contribution in [2.24, 2.45) is 0 Å². The molecule has 0 unspecified atom stereocenters. The van der Waals surface area contributed by atoms with Crippen molar-refractivity contribution in [3.63, 3.8) is 0 Å². The molecule has 2 nitrogen and oxygen atoms in total. The van der Waals surface area contributed by atoms with Crippen LogP contribution in [0.4, 0.5) is 0 Å². The zero-order chi connectivity index (χ0) is 13.2. The first-order valence-electron chi connectivity index (χ1n) is 6.53. The van der Waals surface area contributed by atoms with Gasteiger partial charge in [-0.15, -0.1) is 0 Å². The van der Waals surface area contributed by atoms with Gasteiger partial charge in [-0.1, -0.05) is 24.3 Å². The van der Waals surface area contributed by atoms with E-state index in [1.165, 1.54) is 33.4 Å². The van der Waals surface area contributed by atoms with Crippen LogP contribution >= 0.6 is 0 Å². The van der Waals surface area contributed by atoms with Gasteiger partial charge < -0.3 is 9.47 Å². The molecule has 0 heterocycles. The Kier molecular flexibility index (Phi) is 3.36. The van der Waals surface area contributed by atoms with Crippen molar-refractivity contribution in [3.8, 4) is 11.1 Å². The highest BCUT2D eigenvalue weighted by Crippen LogP contribution is 2.37. The Morgan fingerprint density at radius 1 is 0.789 bits per heavy atom. The maximum absolute atomic E-state index is 5.22. The van der Waals surface area contributed by atoms with Gasteiger partial charge in [-0.2, -0.15) is 0 Å². The summed E-state index contributed by atoms with van der Waals surface area (Å²) in [4.78, 5) is 0. The topological polar surface area (TPSA) is 18.5 Å². The van der Waals surface area contributed by atoms with Crippen molar-refractivity contribution in [1.29, 1.82) is 0 Å². The zero-order valence-corrected chi connectivity index (χ0v) is 11.4. The lowest BCUT2D eigenvalue weighted by atomic mass is 10.0. The molecule has 0 radical (unpaired) electrons. The minimum Gasteiger partial charge on any atom is -0.380 e. The van der Waals surface area contributed by atoms with Gasteiger partial charge in [0.2, 0.25) is 0 Å². The third-order valence-electron chi connectivity index (χ3n) is 3.64. The fourth-order valence-electron chi connectivity index (χ4n) is 2.78. The molecule has 0 spiro atoms. The highest BCUT2D eigenvalue weighted by molar-refractivity contribution is 5.77. The molecule has 0 bridgehead atoms. The minimum absolute atomic E-state index is 0.667. The van der Waals surface area contributed by atoms with E-state index in [9.17, 15) is 0 Å². The van der Waals surface area contributed by atoms with Crippen molar-refractivity contribution in [2.75, 3.05) is 14.2 Å². The fourth-order valence-corrected chi connectivity index (χ4v) is 2.78. The SMILES string of the molecule is COCc1ccc2c(c1)-c1cc(COC)ccc1C2. The molecule has 1 aliphatic carbocycles. The van der Waals surface area contributed by atoms with E-state index in [4.69, 9.17) is 9.47 Å². The molecule has 98 valence electrons. The summed E-state index contributed by atoms with van der Waals surface area (Å²) in [5.41, 5.74) is 7.97. The predicted molar refractivity (Wildman–Crippen MR) is 76.1 cm³/mol. The molecule has 0 aliphatic heterocycles. The van der Waals surface area contributed by atoms with Crippen LogP contribution in [-0.2, 0) is 29.1 Å². The van der Waals surface area contributed by atoms with Gasteiger partial charge in [0.05, 0.1) is 13.2 Å². The molecule has 1 aliphatic rings. The number of hydrogen-bond acceptors (Lipinski definition) is 2. The Bertz CT molecular complexity index is 549. The Morgan fingerprint density at radius 3 is 1.68 bits per heavy atom. The summed E-state index contributed by atoms with van der Waals surface area (Å²) in [7, 11) is 3.47. The van der Waals surface area contributed by atoms with Gasteiger partial charge in [0, 0.05) is 14.2 Å². The maximum atomic E-state index is 5.22. The summed E-state index contributed by atoms with van der Waals surface area (Å²) >= 11 is 0. The maximum Gasteiger partial charge on any atom is 0.0713 e. The highest BCUT2D eigenvalue weighted by Gasteiger charge is 2.18. The second kappa shape index (κ2) is 5.16. The normalized spacial score (nSPS) is 12.3. The summed E-state index contributed by atoms with van der Waals surface area (Å²) in [5, 5.41) is 0. The third kappa shape index (κ3) is 2.29. The predicted octanol–water partition coefficient (Wildman–Crippen LogP) is 3.55. The van der Waals surface area contributed by atoms with Crippen molar-refractivity contribution in [1.82, 2.24) is 0 Å². The number of fused-ring (bicyclic) bond motifs is 3. The molecule has 0 atom stereocenters. The Hall–Kier alpha value is -1.64. The van der Waals surface area contributed by atoms with Crippen LogP contribution < -0.4 is 0 Å². The average molecular weight is 254 g/mol. The fraction of sp³-hybridized carbons (Fsp3) is 0.294. The number of methoxy groups -OCH3 is 2. The Morgan fingerprint density at radius 2 is 1.26 bits per heavy atom. The molecule has 2 aromatic rings. The number of ether oxygens (including phenoxy) is 2. The quantitative estimate of drug-likeness (QED) is 0.709. The van der Waals surface area contributed by atoms with E-state index in [2.05, 4.69) is 36.4 Å². The molecular weight excluding hydrogens is 236 g/mol. The van der Waals surface area contributed by atoms with Gasteiger partial charge in [-0.25, -0.2) is 0 Å². The van der Waals surface area contributed by atoms with Crippen LogP contribution in [-0.4, -0.2) is 14.2 Å². The number of hydrogen-bond donors (Lipinski definition) is 0. The number of benzene rings is 2. The van der Waals surface area contributed by atoms with Crippen LogP contribution in [0.1, 0.15) is 22.3 Å². The molecule has 0 amide bonds. The summed E-state index contributed by atoms with van der Waals surface area (Å²) in [6.07, 6.45) is 1.03. The summed E-state index contributed by atoms with van der Waals surface area (Å²) in [6, 6.07) is 13.3. The van der Waals surface area contributed by atoms with E-state index in [0.29, 0.717) is 13.2 Å². The average Bonchev–Trinajstić information content (AvgIpc) is 2.77. The van der Waals surface area contributed by atoms with E-state index < -0.39 is 0 Å². The molecule has 0 saturated heterocycles. The zero-order valence-electron chi connectivity index (χ0n) is 11.4. The van der Waals surface area contributed by atoms with Crippen LogP contribution in [0.15, 0.2) is 36.4 Å². The highest BCUT2D eigenvalue weighted by atomic mass is 16.5. The van der Waals surface area contributed by atoms with Crippen LogP contribution in [0.3, 0.4) is 0 Å². The second-order valence-electron chi connectivity index (χ2n) is 5.03. The monoisotopic (exact) mass is 254 g/mol. The summed E-state index contributed by atoms with van der Waals surface area (Å²) in [5.74, 6) is 0. The van der Waals surface area contributed by atoms with Gasteiger partial charge in [-0.3, -0.25) is 0 Å².